The summed E-state index contributed by atoms with van der Waals surface area (Å²) in [5.41, 5.74) is 4.96. The van der Waals surface area contributed by atoms with Crippen molar-refractivity contribution in [3.05, 3.63) is 75.2 Å². The molecule has 2 heterocycles. The van der Waals surface area contributed by atoms with Crippen molar-refractivity contribution in [2.24, 2.45) is 0 Å². The van der Waals surface area contributed by atoms with Crippen LogP contribution in [0.2, 0.25) is 0 Å². The van der Waals surface area contributed by atoms with Crippen LogP contribution in [0.25, 0.3) is 21.8 Å². The van der Waals surface area contributed by atoms with Crippen molar-refractivity contribution < 1.29 is 5.11 Å². The lowest BCUT2D eigenvalue weighted by molar-refractivity contribution is 0.161. The van der Waals surface area contributed by atoms with Gasteiger partial charge in [-0.15, -0.1) is 0 Å². The molecule has 1 aliphatic rings. The number of rotatable bonds is 4. The largest absolute Gasteiger partial charge is 0.389 e. The first kappa shape index (κ1) is 19.2. The van der Waals surface area contributed by atoms with E-state index in [1.807, 2.05) is 0 Å². The first-order valence-electron chi connectivity index (χ1n) is 9.98. The van der Waals surface area contributed by atoms with Crippen LogP contribution in [0.15, 0.2) is 69.6 Å². The van der Waals surface area contributed by atoms with Gasteiger partial charge in [-0.05, 0) is 60.9 Å². The molecule has 3 aromatic carbocycles. The summed E-state index contributed by atoms with van der Waals surface area (Å²) in [6.45, 7) is 2.22. The second kappa shape index (κ2) is 7.78. The number of hydrogen-bond donors (Lipinski definition) is 1. The minimum Gasteiger partial charge on any atom is -0.389 e. The number of benzene rings is 3. The van der Waals surface area contributed by atoms with E-state index in [2.05, 4.69) is 102 Å². The van der Waals surface area contributed by atoms with Gasteiger partial charge in [0.15, 0.2) is 0 Å². The third kappa shape index (κ3) is 3.60. The van der Waals surface area contributed by atoms with Gasteiger partial charge in [-0.1, -0.05) is 50.1 Å². The fraction of sp³-hybridized carbons (Fsp3) is 0.250. The molecule has 0 bridgehead atoms. The number of para-hydroxylation sites is 1. The minimum atomic E-state index is -0.452. The molecule has 0 saturated carbocycles. The highest BCUT2D eigenvalue weighted by Gasteiger charge is 2.20. The third-order valence-corrected chi connectivity index (χ3v) is 6.81. The van der Waals surface area contributed by atoms with E-state index < -0.39 is 6.10 Å². The van der Waals surface area contributed by atoms with E-state index in [0.29, 0.717) is 13.1 Å². The number of anilines is 1. The molecule has 0 radical (unpaired) electrons. The Morgan fingerprint density at radius 3 is 2.21 bits per heavy atom. The quantitative estimate of drug-likeness (QED) is 0.355. The van der Waals surface area contributed by atoms with Crippen LogP contribution in [0.1, 0.15) is 12.0 Å². The molecule has 3 nitrogen and oxygen atoms in total. The molecule has 0 fully saturated rings. The summed E-state index contributed by atoms with van der Waals surface area (Å²) in [5, 5.41) is 13.4. The lowest BCUT2D eigenvalue weighted by Gasteiger charge is -2.33. The van der Waals surface area contributed by atoms with E-state index in [1.165, 1.54) is 22.0 Å². The number of fused-ring (bicyclic) bond motifs is 4. The molecule has 5 rings (SSSR count). The predicted molar refractivity (Wildman–Crippen MR) is 128 cm³/mol. The Hall–Kier alpha value is -1.82. The molecule has 4 aromatic rings. The van der Waals surface area contributed by atoms with E-state index in [1.54, 1.807) is 0 Å². The van der Waals surface area contributed by atoms with E-state index >= 15 is 0 Å². The van der Waals surface area contributed by atoms with Crippen molar-refractivity contribution >= 4 is 59.4 Å². The summed E-state index contributed by atoms with van der Waals surface area (Å²) < 4.78 is 4.38. The molecular weight excluding hydrogens is 492 g/mol. The second-order valence-electron chi connectivity index (χ2n) is 7.77. The molecule has 0 spiro atoms. The molecule has 29 heavy (non-hydrogen) atoms. The van der Waals surface area contributed by atoms with E-state index in [4.69, 9.17) is 0 Å². The summed E-state index contributed by atoms with van der Waals surface area (Å²) in [7, 11) is 0. The monoisotopic (exact) mass is 512 g/mol. The standard InChI is InChI=1S/C24H22Br2N2O/c25-17-7-9-23-20(12-17)21-13-18(26)8-10-24(21)28(23)15-19(29)14-27-11-3-5-16-4-1-2-6-22(16)27/h1-2,4,6-10,12-13,19,29H,3,5,11,14-15H2/t19-/m0/s1. The summed E-state index contributed by atoms with van der Waals surface area (Å²) in [6, 6.07) is 21.3. The molecule has 1 aliphatic heterocycles. The Kier molecular flexibility index (Phi) is 5.14. The number of β-amino-alcohol motifs (C(OH)–C–C–N with tert-alkyl or cyclic N) is 1. The average molecular weight is 514 g/mol. The predicted octanol–water partition coefficient (Wildman–Crippen LogP) is 6.13. The van der Waals surface area contributed by atoms with Gasteiger partial charge in [0.1, 0.15) is 0 Å². The van der Waals surface area contributed by atoms with Crippen molar-refractivity contribution in [1.29, 1.82) is 0 Å². The first-order chi connectivity index (χ1) is 14.1. The highest BCUT2D eigenvalue weighted by atomic mass is 79.9. The Labute approximate surface area is 187 Å². The molecule has 1 atom stereocenters. The number of aliphatic hydroxyl groups excluding tert-OH is 1. The van der Waals surface area contributed by atoms with Gasteiger partial charge in [-0.25, -0.2) is 0 Å². The van der Waals surface area contributed by atoms with Gasteiger partial charge in [-0.2, -0.15) is 0 Å². The maximum atomic E-state index is 11.0. The number of nitrogens with zero attached hydrogens (tertiary/aromatic N) is 2. The number of aromatic nitrogens is 1. The summed E-state index contributed by atoms with van der Waals surface area (Å²) >= 11 is 7.20. The van der Waals surface area contributed by atoms with Gasteiger partial charge in [0, 0.05) is 49.5 Å². The van der Waals surface area contributed by atoms with Gasteiger partial charge < -0.3 is 14.6 Å². The number of aliphatic hydroxyl groups is 1. The fourth-order valence-corrected chi connectivity index (χ4v) is 5.29. The maximum Gasteiger partial charge on any atom is 0.0893 e. The Morgan fingerprint density at radius 2 is 1.52 bits per heavy atom. The molecule has 0 amide bonds. The average Bonchev–Trinajstić information content (AvgIpc) is 3.00. The maximum absolute atomic E-state index is 11.0. The van der Waals surface area contributed by atoms with Crippen molar-refractivity contribution in [3.63, 3.8) is 0 Å². The molecule has 148 valence electrons. The van der Waals surface area contributed by atoms with E-state index in [9.17, 15) is 5.11 Å². The first-order valence-corrected chi connectivity index (χ1v) is 11.6. The summed E-state index contributed by atoms with van der Waals surface area (Å²) in [4.78, 5) is 2.34. The molecule has 0 aliphatic carbocycles. The number of aryl methyl sites for hydroxylation is 1. The number of halogens is 2. The van der Waals surface area contributed by atoms with Gasteiger partial charge in [-0.3, -0.25) is 0 Å². The zero-order chi connectivity index (χ0) is 20.0. The number of hydrogen-bond acceptors (Lipinski definition) is 2. The molecule has 0 saturated heterocycles. The zero-order valence-electron chi connectivity index (χ0n) is 16.0. The summed E-state index contributed by atoms with van der Waals surface area (Å²) in [6.07, 6.45) is 1.81. The Balaban J connectivity index is 1.49. The van der Waals surface area contributed by atoms with Gasteiger partial charge in [0.2, 0.25) is 0 Å². The second-order valence-corrected chi connectivity index (χ2v) is 9.60. The van der Waals surface area contributed by atoms with Crippen LogP contribution >= 0.6 is 31.9 Å². The molecule has 0 unspecified atom stereocenters. The van der Waals surface area contributed by atoms with Gasteiger partial charge >= 0.3 is 0 Å². The zero-order valence-corrected chi connectivity index (χ0v) is 19.2. The van der Waals surface area contributed by atoms with Crippen LogP contribution in [0.5, 0.6) is 0 Å². The van der Waals surface area contributed by atoms with Crippen LogP contribution in [-0.4, -0.2) is 28.9 Å². The van der Waals surface area contributed by atoms with Crippen LogP contribution in [0, 0.1) is 0 Å². The lowest BCUT2D eigenvalue weighted by atomic mass is 10.0. The highest BCUT2D eigenvalue weighted by Crippen LogP contribution is 2.33. The van der Waals surface area contributed by atoms with Crippen molar-refractivity contribution in [2.75, 3.05) is 18.0 Å². The topological polar surface area (TPSA) is 28.4 Å². The van der Waals surface area contributed by atoms with Crippen LogP contribution in [0.4, 0.5) is 5.69 Å². The minimum absolute atomic E-state index is 0.452. The van der Waals surface area contributed by atoms with E-state index in [0.717, 1.165) is 39.4 Å². The van der Waals surface area contributed by atoms with Gasteiger partial charge in [0.25, 0.3) is 0 Å². The van der Waals surface area contributed by atoms with Crippen molar-refractivity contribution in [1.82, 2.24) is 4.57 Å². The normalized spacial score (nSPS) is 15.1. The third-order valence-electron chi connectivity index (χ3n) is 5.82. The Morgan fingerprint density at radius 1 is 0.862 bits per heavy atom. The molecule has 5 heteroatoms. The SMILES string of the molecule is O[C@@H](CN1CCCc2ccccc21)Cn1c2ccc(Br)cc2c2cc(Br)ccc21. The van der Waals surface area contributed by atoms with Gasteiger partial charge in [0.05, 0.1) is 12.6 Å². The smallest absolute Gasteiger partial charge is 0.0893 e. The molecule has 1 aromatic heterocycles. The van der Waals surface area contributed by atoms with Crippen LogP contribution in [0.3, 0.4) is 0 Å². The molecular formula is C24H22Br2N2O. The van der Waals surface area contributed by atoms with E-state index in [-0.39, 0.29) is 0 Å². The summed E-state index contributed by atoms with van der Waals surface area (Å²) in [5.74, 6) is 0. The molecule has 1 N–H and O–H groups in total. The van der Waals surface area contributed by atoms with Crippen LogP contribution < -0.4 is 4.90 Å². The van der Waals surface area contributed by atoms with Crippen molar-refractivity contribution in [3.8, 4) is 0 Å². The highest BCUT2D eigenvalue weighted by molar-refractivity contribution is 9.10. The lowest BCUT2D eigenvalue weighted by Crippen LogP contribution is -2.38. The Bertz CT molecular complexity index is 1140. The fourth-order valence-electron chi connectivity index (χ4n) is 4.57. The van der Waals surface area contributed by atoms with Crippen LogP contribution in [-0.2, 0) is 13.0 Å². The van der Waals surface area contributed by atoms with Crippen molar-refractivity contribution in [2.45, 2.75) is 25.5 Å².